The molecule has 5 heteroatoms. The van der Waals surface area contributed by atoms with Crippen LogP contribution in [0.3, 0.4) is 0 Å². The maximum atomic E-state index is 13.5. The summed E-state index contributed by atoms with van der Waals surface area (Å²) < 4.78 is 27.0. The third-order valence-electron chi connectivity index (χ3n) is 5.58. The average molecular weight is 404 g/mol. The van der Waals surface area contributed by atoms with E-state index in [1.165, 1.54) is 12.8 Å². The monoisotopic (exact) mass is 403 g/mol. The van der Waals surface area contributed by atoms with Crippen LogP contribution >= 0.6 is 0 Å². The molecular weight excluding hydrogens is 368 g/mol. The molecule has 1 aromatic rings. The van der Waals surface area contributed by atoms with Gasteiger partial charge in [0.05, 0.1) is 5.70 Å². The van der Waals surface area contributed by atoms with Crippen molar-refractivity contribution in [3.63, 3.8) is 0 Å². The second-order valence-electron chi connectivity index (χ2n) is 8.52. The molecule has 0 N–H and O–H groups in total. The predicted molar refractivity (Wildman–Crippen MR) is 118 cm³/mol. The maximum Gasteiger partial charge on any atom is 0.249 e. The number of alkyl halides is 2. The zero-order valence-corrected chi connectivity index (χ0v) is 18.3. The van der Waals surface area contributed by atoms with Gasteiger partial charge in [-0.1, -0.05) is 44.2 Å². The quantitative estimate of drug-likeness (QED) is 0.359. The lowest BCUT2D eigenvalue weighted by atomic mass is 10.0. The number of rotatable bonds is 10. The van der Waals surface area contributed by atoms with Crippen LogP contribution in [0.1, 0.15) is 50.7 Å². The molecule has 0 heterocycles. The minimum atomic E-state index is -2.71. The van der Waals surface area contributed by atoms with Crippen LogP contribution in [-0.2, 0) is 13.0 Å². The van der Waals surface area contributed by atoms with Gasteiger partial charge in [0.1, 0.15) is 5.70 Å². The molecule has 0 aromatic heterocycles. The highest BCUT2D eigenvalue weighted by Gasteiger charge is 2.30. The Morgan fingerprint density at radius 1 is 1.28 bits per heavy atom. The standard InChI is InChI=1S/C24H35F2N3/c1-7-19-11-12-22(14-19)29(18(2)23(27-4)17-28(5)6)16-21-10-8-9-20(13-21)15-24(3,25)26/h8-10,13,17,19,22H,2,4,7,11-12,14-16H2,1,3,5-6H3/b23-17-. The fraction of sp³-hybridized carbons (Fsp3) is 0.542. The Balaban J connectivity index is 2.30. The van der Waals surface area contributed by atoms with Crippen molar-refractivity contribution >= 4 is 6.72 Å². The molecule has 1 saturated carbocycles. The van der Waals surface area contributed by atoms with Crippen molar-refractivity contribution in [2.75, 3.05) is 14.1 Å². The predicted octanol–water partition coefficient (Wildman–Crippen LogP) is 5.88. The van der Waals surface area contributed by atoms with E-state index >= 15 is 0 Å². The van der Waals surface area contributed by atoms with Crippen LogP contribution in [0.15, 0.2) is 53.4 Å². The molecule has 0 radical (unpaired) electrons. The lowest BCUT2D eigenvalue weighted by molar-refractivity contribution is 0.0226. The van der Waals surface area contributed by atoms with E-state index in [9.17, 15) is 8.78 Å². The summed E-state index contributed by atoms with van der Waals surface area (Å²) in [4.78, 5) is 8.42. The maximum absolute atomic E-state index is 13.5. The summed E-state index contributed by atoms with van der Waals surface area (Å²) in [6, 6.07) is 7.89. The molecule has 0 aliphatic heterocycles. The van der Waals surface area contributed by atoms with Gasteiger partial charge in [0.2, 0.25) is 5.92 Å². The molecule has 1 fully saturated rings. The fourth-order valence-electron chi connectivity index (χ4n) is 4.14. The third-order valence-corrected chi connectivity index (χ3v) is 5.58. The van der Waals surface area contributed by atoms with Gasteiger partial charge in [-0.15, -0.1) is 0 Å². The second-order valence-corrected chi connectivity index (χ2v) is 8.52. The first-order valence-corrected chi connectivity index (χ1v) is 10.4. The van der Waals surface area contributed by atoms with E-state index in [2.05, 4.69) is 30.1 Å². The molecule has 2 rings (SSSR count). The summed E-state index contributed by atoms with van der Waals surface area (Å²) >= 11 is 0. The van der Waals surface area contributed by atoms with Gasteiger partial charge < -0.3 is 9.80 Å². The van der Waals surface area contributed by atoms with Gasteiger partial charge in [0.25, 0.3) is 0 Å². The van der Waals surface area contributed by atoms with Crippen LogP contribution in [-0.4, -0.2) is 42.6 Å². The molecule has 0 saturated heterocycles. The van der Waals surface area contributed by atoms with E-state index in [0.717, 1.165) is 42.6 Å². The number of aliphatic imine (C=N–C) groups is 1. The normalized spacial score (nSPS) is 19.9. The second kappa shape index (κ2) is 10.0. The first kappa shape index (κ1) is 23.1. The molecule has 29 heavy (non-hydrogen) atoms. The highest BCUT2D eigenvalue weighted by atomic mass is 19.3. The Kier molecular flexibility index (Phi) is 8.00. The molecule has 1 aliphatic carbocycles. The highest BCUT2D eigenvalue weighted by Crippen LogP contribution is 2.35. The zero-order valence-electron chi connectivity index (χ0n) is 18.3. The minimum Gasteiger partial charge on any atom is -0.382 e. The van der Waals surface area contributed by atoms with E-state index in [4.69, 9.17) is 0 Å². The van der Waals surface area contributed by atoms with Crippen molar-refractivity contribution in [1.29, 1.82) is 0 Å². The van der Waals surface area contributed by atoms with E-state index < -0.39 is 5.92 Å². The number of hydrogen-bond acceptors (Lipinski definition) is 3. The van der Waals surface area contributed by atoms with Gasteiger partial charge in [-0.25, -0.2) is 8.78 Å². The van der Waals surface area contributed by atoms with Crippen molar-refractivity contribution in [3.05, 3.63) is 59.6 Å². The van der Waals surface area contributed by atoms with Crippen LogP contribution in [0.5, 0.6) is 0 Å². The lowest BCUT2D eigenvalue weighted by Gasteiger charge is -2.33. The molecule has 0 spiro atoms. The van der Waals surface area contributed by atoms with Crippen molar-refractivity contribution in [3.8, 4) is 0 Å². The molecule has 160 valence electrons. The average Bonchev–Trinajstić information content (AvgIpc) is 3.11. The summed E-state index contributed by atoms with van der Waals surface area (Å²) in [6.07, 6.45) is 6.29. The molecule has 0 bridgehead atoms. The molecular formula is C24H35F2N3. The van der Waals surface area contributed by atoms with Crippen LogP contribution in [0, 0.1) is 5.92 Å². The Bertz CT molecular complexity index is 734. The first-order chi connectivity index (χ1) is 13.6. The van der Waals surface area contributed by atoms with Crippen molar-refractivity contribution in [2.45, 2.75) is 64.5 Å². The Morgan fingerprint density at radius 3 is 2.52 bits per heavy atom. The summed E-state index contributed by atoms with van der Waals surface area (Å²) in [5.74, 6) is -1.99. The molecule has 1 aromatic carbocycles. The van der Waals surface area contributed by atoms with Crippen LogP contribution in [0.4, 0.5) is 8.78 Å². The van der Waals surface area contributed by atoms with Gasteiger partial charge >= 0.3 is 0 Å². The molecule has 2 unspecified atom stereocenters. The number of halogens is 2. The number of benzene rings is 1. The van der Waals surface area contributed by atoms with Crippen LogP contribution < -0.4 is 0 Å². The minimum absolute atomic E-state index is 0.247. The molecule has 2 atom stereocenters. The molecule has 0 amide bonds. The smallest absolute Gasteiger partial charge is 0.249 e. The Hall–Kier alpha value is -2.17. The first-order valence-electron chi connectivity index (χ1n) is 10.4. The summed E-state index contributed by atoms with van der Waals surface area (Å²) in [5.41, 5.74) is 3.25. The zero-order chi connectivity index (χ0) is 21.6. The van der Waals surface area contributed by atoms with Gasteiger partial charge in [0, 0.05) is 39.3 Å². The number of nitrogens with zero attached hydrogens (tertiary/aromatic N) is 3. The highest BCUT2D eigenvalue weighted by molar-refractivity contribution is 5.37. The molecule has 1 aliphatic rings. The Morgan fingerprint density at radius 2 is 1.97 bits per heavy atom. The summed E-state index contributed by atoms with van der Waals surface area (Å²) in [6.45, 7) is 11.9. The van der Waals surface area contributed by atoms with E-state index in [-0.39, 0.29) is 6.42 Å². The van der Waals surface area contributed by atoms with Crippen LogP contribution in [0.2, 0.25) is 0 Å². The summed E-state index contributed by atoms with van der Waals surface area (Å²) in [7, 11) is 3.89. The SMILES string of the molecule is C=N/C(=C\N(C)C)C(=C)N(Cc1cccc(CC(C)(F)F)c1)C1CCC(CC)C1. The Labute approximate surface area is 174 Å². The van der Waals surface area contributed by atoms with Gasteiger partial charge in [-0.05, 0) is 49.9 Å². The van der Waals surface area contributed by atoms with E-state index in [0.29, 0.717) is 18.2 Å². The van der Waals surface area contributed by atoms with Gasteiger partial charge in [-0.3, -0.25) is 4.99 Å². The van der Waals surface area contributed by atoms with Crippen molar-refractivity contribution in [2.24, 2.45) is 10.9 Å². The summed E-state index contributed by atoms with van der Waals surface area (Å²) in [5, 5.41) is 0. The van der Waals surface area contributed by atoms with E-state index in [1.807, 2.05) is 43.4 Å². The van der Waals surface area contributed by atoms with Gasteiger partial charge in [0.15, 0.2) is 0 Å². The lowest BCUT2D eigenvalue weighted by Crippen LogP contribution is -2.33. The van der Waals surface area contributed by atoms with Gasteiger partial charge in [-0.2, -0.15) is 0 Å². The van der Waals surface area contributed by atoms with E-state index in [1.54, 1.807) is 6.07 Å². The van der Waals surface area contributed by atoms with Crippen molar-refractivity contribution in [1.82, 2.24) is 9.80 Å². The number of hydrogen-bond donors (Lipinski definition) is 0. The van der Waals surface area contributed by atoms with Crippen molar-refractivity contribution < 1.29 is 8.78 Å². The topological polar surface area (TPSA) is 18.8 Å². The third kappa shape index (κ3) is 6.98. The molecule has 3 nitrogen and oxygen atoms in total. The fourth-order valence-corrected chi connectivity index (χ4v) is 4.14. The largest absolute Gasteiger partial charge is 0.382 e. The van der Waals surface area contributed by atoms with Crippen LogP contribution in [0.25, 0.3) is 0 Å².